The van der Waals surface area contributed by atoms with Crippen molar-refractivity contribution in [3.8, 4) is 0 Å². The molecular weight excluding hydrogens is 214 g/mol. The SMILES string of the molecule is CC(C)CC(CN)Cc1nc(C(C)(C)C)no1. The van der Waals surface area contributed by atoms with Crippen LogP contribution in [0.2, 0.25) is 0 Å². The Morgan fingerprint density at radius 1 is 1.29 bits per heavy atom. The smallest absolute Gasteiger partial charge is 0.226 e. The summed E-state index contributed by atoms with van der Waals surface area (Å²) in [6.45, 7) is 11.3. The maximum absolute atomic E-state index is 5.77. The van der Waals surface area contributed by atoms with Crippen molar-refractivity contribution in [2.24, 2.45) is 17.6 Å². The molecule has 0 fully saturated rings. The van der Waals surface area contributed by atoms with Gasteiger partial charge in [0.2, 0.25) is 5.89 Å². The third kappa shape index (κ3) is 4.46. The molecule has 2 N–H and O–H groups in total. The van der Waals surface area contributed by atoms with Crippen molar-refractivity contribution < 1.29 is 4.52 Å². The molecule has 0 bridgehead atoms. The van der Waals surface area contributed by atoms with Gasteiger partial charge in [0.15, 0.2) is 5.82 Å². The molecule has 0 saturated heterocycles. The molecule has 0 radical (unpaired) electrons. The molecule has 1 unspecified atom stereocenters. The van der Waals surface area contributed by atoms with Gasteiger partial charge in [0.1, 0.15) is 0 Å². The fourth-order valence-electron chi connectivity index (χ4n) is 1.82. The van der Waals surface area contributed by atoms with E-state index in [1.54, 1.807) is 0 Å². The highest BCUT2D eigenvalue weighted by Crippen LogP contribution is 2.20. The van der Waals surface area contributed by atoms with Crippen molar-refractivity contribution in [3.05, 3.63) is 11.7 Å². The first-order valence-electron chi connectivity index (χ1n) is 6.36. The highest BCUT2D eigenvalue weighted by atomic mass is 16.5. The van der Waals surface area contributed by atoms with Crippen LogP contribution in [0.1, 0.15) is 52.8 Å². The highest BCUT2D eigenvalue weighted by Gasteiger charge is 2.22. The van der Waals surface area contributed by atoms with Gasteiger partial charge < -0.3 is 10.3 Å². The topological polar surface area (TPSA) is 64.9 Å². The van der Waals surface area contributed by atoms with Crippen LogP contribution >= 0.6 is 0 Å². The summed E-state index contributed by atoms with van der Waals surface area (Å²) in [4.78, 5) is 4.44. The van der Waals surface area contributed by atoms with Gasteiger partial charge in [0, 0.05) is 11.8 Å². The van der Waals surface area contributed by atoms with Gasteiger partial charge in [-0.1, -0.05) is 39.8 Å². The van der Waals surface area contributed by atoms with Crippen molar-refractivity contribution >= 4 is 0 Å². The number of nitrogens with two attached hydrogens (primary N) is 1. The van der Waals surface area contributed by atoms with E-state index >= 15 is 0 Å². The van der Waals surface area contributed by atoms with Gasteiger partial charge in [0.05, 0.1) is 0 Å². The molecule has 1 aromatic rings. The van der Waals surface area contributed by atoms with Gasteiger partial charge >= 0.3 is 0 Å². The van der Waals surface area contributed by atoms with Crippen molar-refractivity contribution in [2.75, 3.05) is 6.54 Å². The first kappa shape index (κ1) is 14.2. The van der Waals surface area contributed by atoms with E-state index < -0.39 is 0 Å². The molecule has 1 heterocycles. The second-order valence-electron chi connectivity index (χ2n) is 6.20. The lowest BCUT2D eigenvalue weighted by Crippen LogP contribution is -2.19. The Balaban J connectivity index is 2.65. The monoisotopic (exact) mass is 239 g/mol. The summed E-state index contributed by atoms with van der Waals surface area (Å²) in [5, 5.41) is 4.03. The molecule has 0 aliphatic rings. The third-order valence-corrected chi connectivity index (χ3v) is 2.74. The van der Waals surface area contributed by atoms with E-state index in [-0.39, 0.29) is 5.41 Å². The molecule has 1 aromatic heterocycles. The van der Waals surface area contributed by atoms with Crippen molar-refractivity contribution in [1.82, 2.24) is 10.1 Å². The molecule has 98 valence electrons. The summed E-state index contributed by atoms with van der Waals surface area (Å²) in [5.41, 5.74) is 5.71. The van der Waals surface area contributed by atoms with Gasteiger partial charge in [0.25, 0.3) is 0 Å². The predicted molar refractivity (Wildman–Crippen MR) is 68.7 cm³/mol. The summed E-state index contributed by atoms with van der Waals surface area (Å²) in [7, 11) is 0. The molecule has 1 rings (SSSR count). The lowest BCUT2D eigenvalue weighted by molar-refractivity contribution is 0.326. The van der Waals surface area contributed by atoms with E-state index in [0.29, 0.717) is 24.3 Å². The van der Waals surface area contributed by atoms with Crippen molar-refractivity contribution in [3.63, 3.8) is 0 Å². The van der Waals surface area contributed by atoms with Crippen LogP contribution in [0.5, 0.6) is 0 Å². The van der Waals surface area contributed by atoms with Gasteiger partial charge in [-0.25, -0.2) is 0 Å². The predicted octanol–water partition coefficient (Wildman–Crippen LogP) is 2.53. The summed E-state index contributed by atoms with van der Waals surface area (Å²) >= 11 is 0. The van der Waals surface area contributed by atoms with E-state index in [4.69, 9.17) is 10.3 Å². The third-order valence-electron chi connectivity index (χ3n) is 2.74. The standard InChI is InChI=1S/C13H25N3O/c1-9(2)6-10(8-14)7-11-15-12(16-17-11)13(3,4)5/h9-10H,6-8,14H2,1-5H3. The normalized spacial score (nSPS) is 14.3. The molecule has 0 aromatic carbocycles. The number of aromatic nitrogens is 2. The summed E-state index contributed by atoms with van der Waals surface area (Å²) in [6, 6.07) is 0. The molecule has 4 heteroatoms. The molecule has 17 heavy (non-hydrogen) atoms. The zero-order valence-electron chi connectivity index (χ0n) is 11.7. The molecule has 0 amide bonds. The lowest BCUT2D eigenvalue weighted by Gasteiger charge is -2.14. The molecule has 0 saturated carbocycles. The van der Waals surface area contributed by atoms with Gasteiger partial charge in [-0.2, -0.15) is 4.98 Å². The minimum atomic E-state index is -0.0575. The van der Waals surface area contributed by atoms with Crippen molar-refractivity contribution in [2.45, 2.75) is 52.9 Å². The number of nitrogens with zero attached hydrogens (tertiary/aromatic N) is 2. The molecule has 0 aliphatic heterocycles. The van der Waals surface area contributed by atoms with Crippen LogP contribution in [0.3, 0.4) is 0 Å². The zero-order chi connectivity index (χ0) is 13.1. The first-order chi connectivity index (χ1) is 7.82. The Kier molecular flexibility index (Phi) is 4.69. The van der Waals surface area contributed by atoms with E-state index in [1.807, 2.05) is 0 Å². The summed E-state index contributed by atoms with van der Waals surface area (Å²) in [5.74, 6) is 2.57. The van der Waals surface area contributed by atoms with E-state index in [9.17, 15) is 0 Å². The van der Waals surface area contributed by atoms with Gasteiger partial charge in [-0.15, -0.1) is 0 Å². The molecule has 0 spiro atoms. The van der Waals surface area contributed by atoms with E-state index in [1.165, 1.54) is 0 Å². The van der Waals surface area contributed by atoms with Gasteiger partial charge in [-0.05, 0) is 24.8 Å². The Hall–Kier alpha value is -0.900. The van der Waals surface area contributed by atoms with Crippen LogP contribution in [-0.4, -0.2) is 16.7 Å². The van der Waals surface area contributed by atoms with Crippen LogP contribution in [-0.2, 0) is 11.8 Å². The molecule has 1 atom stereocenters. The lowest BCUT2D eigenvalue weighted by atomic mass is 9.94. The Morgan fingerprint density at radius 3 is 2.35 bits per heavy atom. The summed E-state index contributed by atoms with van der Waals surface area (Å²) in [6.07, 6.45) is 1.89. The number of rotatable bonds is 5. The van der Waals surface area contributed by atoms with Crippen LogP contribution < -0.4 is 5.73 Å². The maximum atomic E-state index is 5.77. The van der Waals surface area contributed by atoms with E-state index in [2.05, 4.69) is 44.8 Å². The number of hydrogen-bond donors (Lipinski definition) is 1. The molecule has 4 nitrogen and oxygen atoms in total. The van der Waals surface area contributed by atoms with Crippen LogP contribution in [0.15, 0.2) is 4.52 Å². The Morgan fingerprint density at radius 2 is 1.94 bits per heavy atom. The Bertz CT molecular complexity index is 339. The molecular formula is C13H25N3O. The zero-order valence-corrected chi connectivity index (χ0v) is 11.7. The average molecular weight is 239 g/mol. The fraction of sp³-hybridized carbons (Fsp3) is 0.846. The van der Waals surface area contributed by atoms with Crippen LogP contribution in [0.25, 0.3) is 0 Å². The van der Waals surface area contributed by atoms with Crippen molar-refractivity contribution in [1.29, 1.82) is 0 Å². The molecule has 0 aliphatic carbocycles. The highest BCUT2D eigenvalue weighted by molar-refractivity contribution is 5.00. The fourth-order valence-corrected chi connectivity index (χ4v) is 1.82. The first-order valence-corrected chi connectivity index (χ1v) is 6.36. The Labute approximate surface area is 104 Å². The summed E-state index contributed by atoms with van der Waals surface area (Å²) < 4.78 is 5.29. The second-order valence-corrected chi connectivity index (χ2v) is 6.20. The van der Waals surface area contributed by atoms with Crippen LogP contribution in [0.4, 0.5) is 0 Å². The minimum absolute atomic E-state index is 0.0575. The van der Waals surface area contributed by atoms with Crippen LogP contribution in [0, 0.1) is 11.8 Å². The quantitative estimate of drug-likeness (QED) is 0.857. The second kappa shape index (κ2) is 5.63. The number of hydrogen-bond acceptors (Lipinski definition) is 4. The largest absolute Gasteiger partial charge is 0.339 e. The minimum Gasteiger partial charge on any atom is -0.339 e. The average Bonchev–Trinajstić information content (AvgIpc) is 2.63. The maximum Gasteiger partial charge on any atom is 0.226 e. The van der Waals surface area contributed by atoms with E-state index in [0.717, 1.165) is 18.7 Å². The van der Waals surface area contributed by atoms with Gasteiger partial charge in [-0.3, -0.25) is 0 Å².